The van der Waals surface area contributed by atoms with E-state index in [1.165, 1.54) is 0 Å². The number of sulfone groups is 1. The third kappa shape index (κ3) is 5.18. The van der Waals surface area contributed by atoms with Gasteiger partial charge in [-0.05, 0) is 30.5 Å². The van der Waals surface area contributed by atoms with Gasteiger partial charge in [0.1, 0.15) is 12.4 Å². The summed E-state index contributed by atoms with van der Waals surface area (Å²) in [6, 6.07) is 7.08. The number of amides is 1. The van der Waals surface area contributed by atoms with Gasteiger partial charge < -0.3 is 9.64 Å². The molecule has 122 valence electrons. The van der Waals surface area contributed by atoms with Crippen LogP contribution in [0.5, 0.6) is 5.75 Å². The molecule has 0 N–H and O–H groups in total. The number of likely N-dealkylation sites (N-methyl/N-ethyl adjacent to an activating group) is 1. The highest BCUT2D eigenvalue weighted by molar-refractivity contribution is 7.91. The summed E-state index contributed by atoms with van der Waals surface area (Å²) in [5, 5.41) is 0.601. The molecule has 5 nitrogen and oxygen atoms in total. The molecular formula is C15H20ClNO4S. The summed E-state index contributed by atoms with van der Waals surface area (Å²) < 4.78 is 28.3. The molecule has 0 radical (unpaired) electrons. The zero-order chi connectivity index (χ0) is 16.2. The monoisotopic (exact) mass is 345 g/mol. The summed E-state index contributed by atoms with van der Waals surface area (Å²) in [5.74, 6) is 0.902. The molecule has 22 heavy (non-hydrogen) atoms. The molecule has 1 amide bonds. The fourth-order valence-corrected chi connectivity index (χ4v) is 4.46. The first-order chi connectivity index (χ1) is 10.4. The Hall–Kier alpha value is -1.27. The van der Waals surface area contributed by atoms with Crippen LogP contribution in [0.25, 0.3) is 0 Å². The molecule has 1 aliphatic rings. The Bertz CT molecular complexity index is 632. The molecule has 1 fully saturated rings. The van der Waals surface area contributed by atoms with Crippen LogP contribution in [0.15, 0.2) is 24.3 Å². The van der Waals surface area contributed by atoms with Crippen molar-refractivity contribution in [2.45, 2.75) is 12.8 Å². The molecular weight excluding hydrogens is 326 g/mol. The Morgan fingerprint density at radius 3 is 2.86 bits per heavy atom. The summed E-state index contributed by atoms with van der Waals surface area (Å²) in [5.41, 5.74) is 0. The Kier molecular flexibility index (Phi) is 5.69. The lowest BCUT2D eigenvalue weighted by Crippen LogP contribution is -2.32. The van der Waals surface area contributed by atoms with E-state index < -0.39 is 9.84 Å². The highest BCUT2D eigenvalue weighted by atomic mass is 35.5. The second-order valence-corrected chi connectivity index (χ2v) is 8.26. The molecule has 1 unspecified atom stereocenters. The van der Waals surface area contributed by atoms with Crippen molar-refractivity contribution < 1.29 is 17.9 Å². The number of halogens is 1. The van der Waals surface area contributed by atoms with Gasteiger partial charge in [-0.3, -0.25) is 4.79 Å². The summed E-state index contributed by atoms with van der Waals surface area (Å²) >= 11 is 5.86. The van der Waals surface area contributed by atoms with Crippen LogP contribution in [0, 0.1) is 5.92 Å². The van der Waals surface area contributed by atoms with Crippen molar-refractivity contribution in [3.05, 3.63) is 29.3 Å². The molecule has 1 saturated heterocycles. The summed E-state index contributed by atoms with van der Waals surface area (Å²) in [6.07, 6.45) is 0.869. The van der Waals surface area contributed by atoms with Crippen LogP contribution >= 0.6 is 11.6 Å². The Balaban J connectivity index is 1.72. The van der Waals surface area contributed by atoms with E-state index in [9.17, 15) is 13.2 Å². The van der Waals surface area contributed by atoms with Crippen molar-refractivity contribution in [3.63, 3.8) is 0 Å². The number of rotatable bonds is 6. The summed E-state index contributed by atoms with van der Waals surface area (Å²) in [4.78, 5) is 13.6. The van der Waals surface area contributed by atoms with E-state index in [0.29, 0.717) is 30.3 Å². The minimum absolute atomic E-state index is 0.0446. The van der Waals surface area contributed by atoms with E-state index in [1.54, 1.807) is 36.2 Å². The van der Waals surface area contributed by atoms with Crippen LogP contribution < -0.4 is 4.74 Å². The SMILES string of the molecule is CN(CCOc1cccc(Cl)c1)C(=O)CC1CCS(=O)(=O)C1. The zero-order valence-electron chi connectivity index (χ0n) is 12.5. The Morgan fingerprint density at radius 1 is 1.45 bits per heavy atom. The number of hydrogen-bond acceptors (Lipinski definition) is 4. The minimum Gasteiger partial charge on any atom is -0.492 e. The number of ether oxygens (including phenoxy) is 1. The maximum absolute atomic E-state index is 12.1. The topological polar surface area (TPSA) is 63.7 Å². The second-order valence-electron chi connectivity index (χ2n) is 5.59. The molecule has 2 rings (SSSR count). The fraction of sp³-hybridized carbons (Fsp3) is 0.533. The van der Waals surface area contributed by atoms with Gasteiger partial charge in [-0.2, -0.15) is 0 Å². The standard InChI is InChI=1S/C15H20ClNO4S/c1-17(6-7-21-14-4-2-3-13(16)10-14)15(18)9-12-5-8-22(19,20)11-12/h2-4,10,12H,5-9,11H2,1H3. The van der Waals surface area contributed by atoms with Gasteiger partial charge in [0.05, 0.1) is 18.1 Å². The van der Waals surface area contributed by atoms with Gasteiger partial charge in [-0.25, -0.2) is 8.42 Å². The van der Waals surface area contributed by atoms with E-state index in [-0.39, 0.29) is 29.8 Å². The molecule has 0 saturated carbocycles. The zero-order valence-corrected chi connectivity index (χ0v) is 14.1. The first-order valence-electron chi connectivity index (χ1n) is 7.18. The Morgan fingerprint density at radius 2 is 2.23 bits per heavy atom. The molecule has 1 aliphatic heterocycles. The van der Waals surface area contributed by atoms with Crippen LogP contribution in [0.3, 0.4) is 0 Å². The highest BCUT2D eigenvalue weighted by Crippen LogP contribution is 2.22. The van der Waals surface area contributed by atoms with E-state index >= 15 is 0 Å². The van der Waals surface area contributed by atoms with Gasteiger partial charge in [-0.15, -0.1) is 0 Å². The van der Waals surface area contributed by atoms with E-state index in [0.717, 1.165) is 0 Å². The third-order valence-corrected chi connectivity index (χ3v) is 5.78. The molecule has 1 atom stereocenters. The smallest absolute Gasteiger partial charge is 0.222 e. The number of benzene rings is 1. The quantitative estimate of drug-likeness (QED) is 0.791. The molecule has 1 aromatic carbocycles. The predicted octanol–water partition coefficient (Wildman–Crippen LogP) is 2.00. The lowest BCUT2D eigenvalue weighted by atomic mass is 10.0. The maximum atomic E-state index is 12.1. The van der Waals surface area contributed by atoms with Gasteiger partial charge in [0.25, 0.3) is 0 Å². The van der Waals surface area contributed by atoms with Crippen molar-refractivity contribution in [2.75, 3.05) is 31.7 Å². The second kappa shape index (κ2) is 7.33. The Labute approximate surface area is 136 Å². The van der Waals surface area contributed by atoms with Crippen LogP contribution in [0.1, 0.15) is 12.8 Å². The first kappa shape index (κ1) is 17.1. The number of nitrogens with zero attached hydrogens (tertiary/aromatic N) is 1. The first-order valence-corrected chi connectivity index (χ1v) is 9.38. The molecule has 0 spiro atoms. The van der Waals surface area contributed by atoms with Crippen LogP contribution in [0.4, 0.5) is 0 Å². The van der Waals surface area contributed by atoms with E-state index in [4.69, 9.17) is 16.3 Å². The van der Waals surface area contributed by atoms with Gasteiger partial charge >= 0.3 is 0 Å². The molecule has 0 aliphatic carbocycles. The largest absolute Gasteiger partial charge is 0.492 e. The lowest BCUT2D eigenvalue weighted by molar-refractivity contribution is -0.131. The van der Waals surface area contributed by atoms with E-state index in [1.807, 2.05) is 0 Å². The average molecular weight is 346 g/mol. The molecule has 1 aromatic rings. The van der Waals surface area contributed by atoms with Crippen molar-refractivity contribution in [1.82, 2.24) is 4.90 Å². The summed E-state index contributed by atoms with van der Waals surface area (Å²) in [7, 11) is -1.23. The number of carbonyl (C=O) groups excluding carboxylic acids is 1. The molecule has 0 aromatic heterocycles. The number of carbonyl (C=O) groups is 1. The minimum atomic E-state index is -2.93. The van der Waals surface area contributed by atoms with Crippen molar-refractivity contribution in [2.24, 2.45) is 5.92 Å². The third-order valence-electron chi connectivity index (χ3n) is 3.71. The molecule has 7 heteroatoms. The normalized spacial score (nSPS) is 19.8. The van der Waals surface area contributed by atoms with E-state index in [2.05, 4.69) is 0 Å². The van der Waals surface area contributed by atoms with Gasteiger partial charge in [0.2, 0.25) is 5.91 Å². The average Bonchev–Trinajstić information content (AvgIpc) is 2.77. The number of hydrogen-bond donors (Lipinski definition) is 0. The van der Waals surface area contributed by atoms with Crippen LogP contribution in [-0.2, 0) is 14.6 Å². The van der Waals surface area contributed by atoms with Gasteiger partial charge in [0.15, 0.2) is 9.84 Å². The van der Waals surface area contributed by atoms with Crippen LogP contribution in [0.2, 0.25) is 5.02 Å². The van der Waals surface area contributed by atoms with Gasteiger partial charge in [-0.1, -0.05) is 17.7 Å². The van der Waals surface area contributed by atoms with Crippen molar-refractivity contribution in [3.8, 4) is 5.75 Å². The molecule has 1 heterocycles. The molecule has 0 bridgehead atoms. The van der Waals surface area contributed by atoms with Crippen LogP contribution in [-0.4, -0.2) is 50.9 Å². The lowest BCUT2D eigenvalue weighted by Gasteiger charge is -2.19. The summed E-state index contributed by atoms with van der Waals surface area (Å²) in [6.45, 7) is 0.816. The fourth-order valence-electron chi connectivity index (χ4n) is 2.42. The van der Waals surface area contributed by atoms with Crippen molar-refractivity contribution >= 4 is 27.3 Å². The van der Waals surface area contributed by atoms with Crippen molar-refractivity contribution in [1.29, 1.82) is 0 Å². The highest BCUT2D eigenvalue weighted by Gasteiger charge is 2.30. The maximum Gasteiger partial charge on any atom is 0.222 e. The van der Waals surface area contributed by atoms with Gasteiger partial charge in [0, 0.05) is 18.5 Å². The predicted molar refractivity (Wildman–Crippen MR) is 86.0 cm³/mol.